The van der Waals surface area contributed by atoms with Gasteiger partial charge >= 0.3 is 0 Å². The molecule has 154 valence electrons. The zero-order chi connectivity index (χ0) is 20.0. The highest BCUT2D eigenvalue weighted by Gasteiger charge is 2.26. The van der Waals surface area contributed by atoms with E-state index in [1.807, 2.05) is 16.2 Å². The summed E-state index contributed by atoms with van der Waals surface area (Å²) in [6.45, 7) is 5.16. The number of hydrogen-bond acceptors (Lipinski definition) is 6. The monoisotopic (exact) mass is 429 g/mol. The molecule has 0 aromatic carbocycles. The van der Waals surface area contributed by atoms with Gasteiger partial charge in [0.15, 0.2) is 10.8 Å². The molecule has 4 heterocycles. The smallest absolute Gasteiger partial charge is 0.233 e. The molecule has 5 rings (SSSR count). The second kappa shape index (κ2) is 7.87. The van der Waals surface area contributed by atoms with Crippen molar-refractivity contribution in [2.45, 2.75) is 76.4 Å². The normalized spacial score (nSPS) is 19.8. The van der Waals surface area contributed by atoms with E-state index in [1.165, 1.54) is 46.9 Å². The Morgan fingerprint density at radius 2 is 2.07 bits per heavy atom. The quantitative estimate of drug-likeness (QED) is 0.580. The molecule has 0 spiro atoms. The lowest BCUT2D eigenvalue weighted by Crippen LogP contribution is -2.42. The highest BCUT2D eigenvalue weighted by atomic mass is 32.2. The maximum Gasteiger partial charge on any atom is 0.233 e. The summed E-state index contributed by atoms with van der Waals surface area (Å²) >= 11 is 3.33. The Morgan fingerprint density at radius 3 is 2.90 bits per heavy atom. The van der Waals surface area contributed by atoms with Gasteiger partial charge in [-0.25, -0.2) is 4.98 Å². The minimum Gasteiger partial charge on any atom is -0.339 e. The molecule has 0 N–H and O–H groups in total. The van der Waals surface area contributed by atoms with Gasteiger partial charge < -0.3 is 4.90 Å². The van der Waals surface area contributed by atoms with Crippen molar-refractivity contribution in [2.24, 2.45) is 0 Å². The number of nitrogens with zero attached hydrogens (tertiary/aromatic N) is 5. The fourth-order valence-corrected chi connectivity index (χ4v) is 6.81. The first kappa shape index (κ1) is 19.3. The van der Waals surface area contributed by atoms with Crippen LogP contribution in [0.3, 0.4) is 0 Å². The minimum absolute atomic E-state index is 0.207. The van der Waals surface area contributed by atoms with Crippen molar-refractivity contribution in [3.8, 4) is 0 Å². The first-order valence-electron chi connectivity index (χ1n) is 10.8. The Morgan fingerprint density at radius 1 is 1.21 bits per heavy atom. The van der Waals surface area contributed by atoms with Crippen molar-refractivity contribution in [3.05, 3.63) is 16.3 Å². The molecule has 1 atom stereocenters. The zero-order valence-corrected chi connectivity index (χ0v) is 18.7. The fraction of sp³-hybridized carbons (Fsp3) is 0.619. The summed E-state index contributed by atoms with van der Waals surface area (Å²) in [4.78, 5) is 22.4. The summed E-state index contributed by atoms with van der Waals surface area (Å²) in [7, 11) is 0. The second-order valence-electron chi connectivity index (χ2n) is 8.13. The number of carbonyl (C=O) groups is 1. The predicted molar refractivity (Wildman–Crippen MR) is 118 cm³/mol. The van der Waals surface area contributed by atoms with Crippen molar-refractivity contribution < 1.29 is 4.79 Å². The van der Waals surface area contributed by atoms with E-state index in [0.717, 1.165) is 60.1 Å². The number of piperidine rings is 1. The molecule has 0 unspecified atom stereocenters. The summed E-state index contributed by atoms with van der Waals surface area (Å²) in [6.07, 6.45) is 9.02. The number of rotatable bonds is 4. The summed E-state index contributed by atoms with van der Waals surface area (Å²) < 4.78 is 2.10. The second-order valence-corrected chi connectivity index (χ2v) is 10.2. The molecule has 0 radical (unpaired) electrons. The maximum atomic E-state index is 12.8. The molecular weight excluding hydrogens is 402 g/mol. The van der Waals surface area contributed by atoms with Gasteiger partial charge in [-0.3, -0.25) is 9.20 Å². The van der Waals surface area contributed by atoms with E-state index in [2.05, 4.69) is 28.4 Å². The summed E-state index contributed by atoms with van der Waals surface area (Å²) in [5.74, 6) is 1.60. The SMILES string of the molecule is CCc1nc2sc3c(c2c2nnc(SCC(=O)N4CCCC[C@H]4C)n12)CCCC3. The van der Waals surface area contributed by atoms with Gasteiger partial charge in [0.1, 0.15) is 10.7 Å². The van der Waals surface area contributed by atoms with E-state index in [-0.39, 0.29) is 5.91 Å². The van der Waals surface area contributed by atoms with Crippen LogP contribution in [-0.2, 0) is 24.1 Å². The lowest BCUT2D eigenvalue weighted by Gasteiger charge is -2.33. The van der Waals surface area contributed by atoms with Gasteiger partial charge in [0, 0.05) is 23.9 Å². The first-order chi connectivity index (χ1) is 14.2. The van der Waals surface area contributed by atoms with E-state index in [9.17, 15) is 4.79 Å². The number of likely N-dealkylation sites (tertiary alicyclic amines) is 1. The van der Waals surface area contributed by atoms with Crippen molar-refractivity contribution in [2.75, 3.05) is 12.3 Å². The third-order valence-electron chi connectivity index (χ3n) is 6.26. The molecule has 29 heavy (non-hydrogen) atoms. The minimum atomic E-state index is 0.207. The van der Waals surface area contributed by atoms with Crippen LogP contribution < -0.4 is 0 Å². The van der Waals surface area contributed by atoms with E-state index in [0.29, 0.717) is 11.8 Å². The van der Waals surface area contributed by atoms with Crippen molar-refractivity contribution in [1.82, 2.24) is 24.5 Å². The van der Waals surface area contributed by atoms with Crippen LogP contribution in [0.25, 0.3) is 15.9 Å². The van der Waals surface area contributed by atoms with Crippen LogP contribution in [0, 0.1) is 0 Å². The molecule has 1 aliphatic heterocycles. The topological polar surface area (TPSA) is 63.4 Å². The standard InChI is InChI=1S/C21H27N5OS2/c1-3-16-22-20-18(14-9-4-5-10-15(14)29-20)19-23-24-21(26(16)19)28-12-17(27)25-11-7-6-8-13(25)2/h13H,3-12H2,1-2H3/t13-/m1/s1. The molecule has 2 aliphatic rings. The molecular formula is C21H27N5OS2. The van der Waals surface area contributed by atoms with Crippen LogP contribution in [0.5, 0.6) is 0 Å². The van der Waals surface area contributed by atoms with Gasteiger partial charge in [-0.2, -0.15) is 0 Å². The molecule has 8 heteroatoms. The Labute approximate surface area is 179 Å². The van der Waals surface area contributed by atoms with Gasteiger partial charge in [0.25, 0.3) is 0 Å². The fourth-order valence-electron chi connectivity index (χ4n) is 4.70. The van der Waals surface area contributed by atoms with Crippen LogP contribution in [-0.4, -0.2) is 48.7 Å². The van der Waals surface area contributed by atoms with Gasteiger partial charge in [-0.1, -0.05) is 18.7 Å². The molecule has 1 amide bonds. The highest BCUT2D eigenvalue weighted by molar-refractivity contribution is 7.99. The number of thiophene rings is 1. The van der Waals surface area contributed by atoms with Gasteiger partial charge in [-0.05, 0) is 57.4 Å². The largest absolute Gasteiger partial charge is 0.339 e. The molecule has 3 aromatic rings. The number of amides is 1. The zero-order valence-electron chi connectivity index (χ0n) is 17.1. The predicted octanol–water partition coefficient (Wildman–Crippen LogP) is 4.27. The molecule has 1 saturated heterocycles. The van der Waals surface area contributed by atoms with Crippen LogP contribution in [0.2, 0.25) is 0 Å². The highest BCUT2D eigenvalue weighted by Crippen LogP contribution is 2.38. The molecule has 0 saturated carbocycles. The summed E-state index contributed by atoms with van der Waals surface area (Å²) in [5.41, 5.74) is 2.35. The lowest BCUT2D eigenvalue weighted by atomic mass is 9.97. The van der Waals surface area contributed by atoms with Crippen molar-refractivity contribution in [1.29, 1.82) is 0 Å². The van der Waals surface area contributed by atoms with E-state index < -0.39 is 0 Å². The van der Waals surface area contributed by atoms with Gasteiger partial charge in [0.05, 0.1) is 11.1 Å². The Bertz CT molecular complexity index is 1070. The van der Waals surface area contributed by atoms with Gasteiger partial charge in [0.2, 0.25) is 5.91 Å². The Kier molecular flexibility index (Phi) is 5.24. The summed E-state index contributed by atoms with van der Waals surface area (Å²) in [6, 6.07) is 0.344. The van der Waals surface area contributed by atoms with Crippen molar-refractivity contribution >= 4 is 44.9 Å². The molecule has 1 fully saturated rings. The number of aromatic nitrogens is 4. The van der Waals surface area contributed by atoms with E-state index >= 15 is 0 Å². The molecule has 1 aliphatic carbocycles. The van der Waals surface area contributed by atoms with Crippen LogP contribution >= 0.6 is 23.1 Å². The Balaban J connectivity index is 1.49. The van der Waals surface area contributed by atoms with Gasteiger partial charge in [-0.15, -0.1) is 21.5 Å². The number of aryl methyl sites for hydroxylation is 3. The number of thioether (sulfide) groups is 1. The number of carbonyl (C=O) groups excluding carboxylic acids is 1. The van der Waals surface area contributed by atoms with Crippen LogP contribution in [0.1, 0.15) is 62.2 Å². The third-order valence-corrected chi connectivity index (χ3v) is 8.36. The molecule has 3 aromatic heterocycles. The number of fused-ring (bicyclic) bond motifs is 5. The third kappa shape index (κ3) is 3.34. The molecule has 0 bridgehead atoms. The Hall–Kier alpha value is -1.67. The molecule has 6 nitrogen and oxygen atoms in total. The average molecular weight is 430 g/mol. The van der Waals surface area contributed by atoms with Crippen LogP contribution in [0.4, 0.5) is 0 Å². The number of hydrogen-bond donors (Lipinski definition) is 0. The van der Waals surface area contributed by atoms with E-state index in [4.69, 9.17) is 4.98 Å². The van der Waals surface area contributed by atoms with Crippen molar-refractivity contribution in [3.63, 3.8) is 0 Å². The summed E-state index contributed by atoms with van der Waals surface area (Å²) in [5, 5.41) is 11.0. The first-order valence-corrected chi connectivity index (χ1v) is 12.6. The van der Waals surface area contributed by atoms with E-state index in [1.54, 1.807) is 0 Å². The maximum absolute atomic E-state index is 12.8. The van der Waals surface area contributed by atoms with Crippen LogP contribution in [0.15, 0.2) is 5.16 Å². The lowest BCUT2D eigenvalue weighted by molar-refractivity contribution is -0.131. The average Bonchev–Trinajstić information content (AvgIpc) is 3.32.